The summed E-state index contributed by atoms with van der Waals surface area (Å²) < 4.78 is 2.25. The van der Waals surface area contributed by atoms with Crippen molar-refractivity contribution < 1.29 is 28.5 Å². The molecule has 0 unspecified atom stereocenters. The zero-order valence-corrected chi connectivity index (χ0v) is 20.7. The average Bonchev–Trinajstić information content (AvgIpc) is 2.80. The molecule has 0 fully saturated rings. The largest absolute Gasteiger partial charge is 1.00 e. The number of halogens is 2. The molecule has 3 aromatic rings. The Bertz CT molecular complexity index is 1190. The zero-order chi connectivity index (χ0) is 20.9. The fourth-order valence-electron chi connectivity index (χ4n) is 3.85. The minimum atomic E-state index is 0. The summed E-state index contributed by atoms with van der Waals surface area (Å²) in [5.41, 5.74) is 6.01. The molecule has 0 radical (unpaired) electrons. The molecular weight excluding hydrogens is 515 g/mol. The van der Waals surface area contributed by atoms with Gasteiger partial charge in [-0.3, -0.25) is 0 Å². The topological polar surface area (TPSA) is 7.12 Å². The van der Waals surface area contributed by atoms with E-state index in [1.807, 2.05) is 12.2 Å². The Morgan fingerprint density at radius 2 is 1.81 bits per heavy atom. The van der Waals surface area contributed by atoms with E-state index in [1.54, 1.807) is 0 Å². The molecule has 0 aliphatic carbocycles. The first-order valence-corrected chi connectivity index (χ1v) is 10.8. The maximum absolute atomic E-state index is 6.53. The van der Waals surface area contributed by atoms with Crippen LogP contribution in [-0.2, 0) is 6.54 Å². The van der Waals surface area contributed by atoms with Gasteiger partial charge in [0, 0.05) is 41.2 Å². The number of benzene rings is 2. The number of aryl methyl sites for hydroxylation is 1. The first kappa shape index (κ1) is 23.3. The van der Waals surface area contributed by atoms with Gasteiger partial charge in [0.15, 0.2) is 6.20 Å². The molecule has 2 nitrogen and oxygen atoms in total. The van der Waals surface area contributed by atoms with E-state index in [4.69, 9.17) is 11.6 Å². The zero-order valence-electron chi connectivity index (χ0n) is 17.8. The Hall–Kier alpha value is -2.37. The SMILES string of the molecule is CCN1C=C\C(=C/C=C(Cl)/C=C/c2cc[n+](CC)c3ccccc23)c2ccccc21.[I-]. The normalized spacial score (nSPS) is 14.9. The number of para-hydroxylation sites is 2. The summed E-state index contributed by atoms with van der Waals surface area (Å²) in [5, 5.41) is 1.92. The maximum atomic E-state index is 6.53. The number of nitrogens with zero attached hydrogens (tertiary/aromatic N) is 2. The third-order valence-electron chi connectivity index (χ3n) is 5.44. The third-order valence-corrected chi connectivity index (χ3v) is 5.69. The molecule has 4 rings (SSSR count). The van der Waals surface area contributed by atoms with Crippen LogP contribution in [0.2, 0.25) is 0 Å². The van der Waals surface area contributed by atoms with E-state index in [9.17, 15) is 0 Å². The lowest BCUT2D eigenvalue weighted by molar-refractivity contribution is -0.667. The Kier molecular flexibility index (Phi) is 8.10. The predicted molar refractivity (Wildman–Crippen MR) is 129 cm³/mol. The van der Waals surface area contributed by atoms with Crippen LogP contribution < -0.4 is 33.4 Å². The fraction of sp³-hybridized carbons (Fsp3) is 0.148. The van der Waals surface area contributed by atoms with Crippen LogP contribution >= 0.6 is 11.6 Å². The number of pyridine rings is 1. The van der Waals surface area contributed by atoms with Crippen LogP contribution in [0.1, 0.15) is 25.0 Å². The molecule has 1 aliphatic rings. The molecule has 158 valence electrons. The van der Waals surface area contributed by atoms with E-state index in [0.29, 0.717) is 5.03 Å². The van der Waals surface area contributed by atoms with E-state index < -0.39 is 0 Å². The van der Waals surface area contributed by atoms with Gasteiger partial charge in [0.05, 0.1) is 5.39 Å². The molecule has 0 bridgehead atoms. The van der Waals surface area contributed by atoms with Crippen LogP contribution in [0.3, 0.4) is 0 Å². The second-order valence-corrected chi connectivity index (χ2v) is 7.64. The highest BCUT2D eigenvalue weighted by molar-refractivity contribution is 6.31. The molecule has 31 heavy (non-hydrogen) atoms. The molecule has 0 amide bonds. The van der Waals surface area contributed by atoms with E-state index >= 15 is 0 Å². The van der Waals surface area contributed by atoms with Gasteiger partial charge >= 0.3 is 0 Å². The van der Waals surface area contributed by atoms with Crippen molar-refractivity contribution >= 4 is 39.8 Å². The Morgan fingerprint density at radius 3 is 2.61 bits per heavy atom. The number of rotatable bonds is 5. The number of fused-ring (bicyclic) bond motifs is 2. The summed E-state index contributed by atoms with van der Waals surface area (Å²) in [7, 11) is 0. The van der Waals surface area contributed by atoms with Gasteiger partial charge in [-0.15, -0.1) is 0 Å². The summed E-state index contributed by atoms with van der Waals surface area (Å²) in [6.07, 6.45) is 14.5. The number of anilines is 1. The first-order valence-electron chi connectivity index (χ1n) is 10.4. The molecule has 4 heteroatoms. The summed E-state index contributed by atoms with van der Waals surface area (Å²) in [5.74, 6) is 0. The third kappa shape index (κ3) is 5.10. The van der Waals surface area contributed by atoms with Crippen molar-refractivity contribution in [3.05, 3.63) is 107 Å². The lowest BCUT2D eigenvalue weighted by atomic mass is 9.99. The Morgan fingerprint density at radius 1 is 1.03 bits per heavy atom. The van der Waals surface area contributed by atoms with E-state index in [0.717, 1.165) is 24.2 Å². The smallest absolute Gasteiger partial charge is 0.213 e. The maximum Gasteiger partial charge on any atom is 0.213 e. The monoisotopic (exact) mass is 540 g/mol. The van der Waals surface area contributed by atoms with Gasteiger partial charge in [-0.05, 0) is 55.3 Å². The minimum Gasteiger partial charge on any atom is -1.00 e. The van der Waals surface area contributed by atoms with E-state index in [2.05, 4.69) is 109 Å². The summed E-state index contributed by atoms with van der Waals surface area (Å²) in [6, 6.07) is 19.1. The molecule has 0 spiro atoms. The van der Waals surface area contributed by atoms with Crippen LogP contribution in [-0.4, -0.2) is 6.54 Å². The fourth-order valence-corrected chi connectivity index (χ4v) is 3.98. The van der Waals surface area contributed by atoms with Crippen molar-refractivity contribution in [3.8, 4) is 0 Å². The first-order chi connectivity index (χ1) is 14.7. The molecule has 1 aliphatic heterocycles. The van der Waals surface area contributed by atoms with Gasteiger partial charge < -0.3 is 28.9 Å². The van der Waals surface area contributed by atoms with E-state index in [1.165, 1.54) is 22.2 Å². The van der Waals surface area contributed by atoms with Crippen molar-refractivity contribution in [2.45, 2.75) is 20.4 Å². The number of allylic oxidation sites excluding steroid dienone is 6. The molecular formula is C27H26ClIN2. The average molecular weight is 541 g/mol. The van der Waals surface area contributed by atoms with Crippen LogP contribution in [0.5, 0.6) is 0 Å². The van der Waals surface area contributed by atoms with Gasteiger partial charge in [0.2, 0.25) is 5.52 Å². The van der Waals surface area contributed by atoms with Gasteiger partial charge in [-0.2, -0.15) is 4.57 Å². The van der Waals surface area contributed by atoms with Crippen molar-refractivity contribution in [1.29, 1.82) is 0 Å². The molecule has 2 heterocycles. The van der Waals surface area contributed by atoms with Crippen molar-refractivity contribution in [1.82, 2.24) is 0 Å². The number of aromatic nitrogens is 1. The lowest BCUT2D eigenvalue weighted by Crippen LogP contribution is -3.00. The van der Waals surface area contributed by atoms with Gasteiger partial charge in [0.1, 0.15) is 6.54 Å². The summed E-state index contributed by atoms with van der Waals surface area (Å²) in [4.78, 5) is 2.25. The highest BCUT2D eigenvalue weighted by atomic mass is 127. The second-order valence-electron chi connectivity index (χ2n) is 7.20. The standard InChI is InChI=1S/C27H26ClN2.HI/c1-3-29-19-17-21(24-9-5-7-11-26(24)29)13-15-23(28)16-14-22-18-20-30(4-2)27-12-8-6-10-25(22)27;/h5-20H,3-4H2,1-2H3;1H/q+1;/p-1. The summed E-state index contributed by atoms with van der Waals surface area (Å²) >= 11 is 6.53. The van der Waals surface area contributed by atoms with E-state index in [-0.39, 0.29) is 24.0 Å². The highest BCUT2D eigenvalue weighted by Crippen LogP contribution is 2.32. The van der Waals surface area contributed by atoms with Crippen LogP contribution in [0.4, 0.5) is 5.69 Å². The number of hydrogen-bond donors (Lipinski definition) is 0. The second kappa shape index (κ2) is 10.8. The molecule has 1 aromatic heterocycles. The minimum absolute atomic E-state index is 0. The molecule has 0 saturated heterocycles. The highest BCUT2D eigenvalue weighted by Gasteiger charge is 2.13. The van der Waals surface area contributed by atoms with Crippen molar-refractivity contribution in [2.24, 2.45) is 0 Å². The van der Waals surface area contributed by atoms with Crippen molar-refractivity contribution in [2.75, 3.05) is 11.4 Å². The van der Waals surface area contributed by atoms with Crippen molar-refractivity contribution in [3.63, 3.8) is 0 Å². The van der Waals surface area contributed by atoms with Crippen LogP contribution in [0.25, 0.3) is 22.6 Å². The quantitative estimate of drug-likeness (QED) is 0.272. The Balaban J connectivity index is 0.00000272. The molecule has 0 atom stereocenters. The summed E-state index contributed by atoms with van der Waals surface area (Å²) in [6.45, 7) is 6.21. The van der Waals surface area contributed by atoms with Crippen LogP contribution in [0, 0.1) is 0 Å². The molecule has 0 saturated carbocycles. The lowest BCUT2D eigenvalue weighted by Gasteiger charge is -2.26. The Labute approximate surface area is 206 Å². The van der Waals surface area contributed by atoms with Crippen LogP contribution in [0.15, 0.2) is 96.3 Å². The molecule has 0 N–H and O–H groups in total. The van der Waals surface area contributed by atoms with Gasteiger partial charge in [-0.25, -0.2) is 0 Å². The predicted octanol–water partition coefficient (Wildman–Crippen LogP) is 3.72. The van der Waals surface area contributed by atoms with Gasteiger partial charge in [-0.1, -0.05) is 54.1 Å². The van der Waals surface area contributed by atoms with Gasteiger partial charge in [0.25, 0.3) is 0 Å². The molecule has 2 aromatic carbocycles. The number of hydrogen-bond acceptors (Lipinski definition) is 1.